The maximum absolute atomic E-state index is 7.00. The summed E-state index contributed by atoms with van der Waals surface area (Å²) in [6, 6.07) is 56.9. The minimum atomic E-state index is 0. The number of halogens is 2. The molecule has 9 aromatic carbocycles. The molecule has 1 N–H and O–H groups in total. The zero-order chi connectivity index (χ0) is 54.5. The number of para-hydroxylation sites is 1. The number of ether oxygens (including phenoxy) is 2. The first-order chi connectivity index (χ1) is 40.3. The summed E-state index contributed by atoms with van der Waals surface area (Å²) in [5, 5.41) is 10.8. The van der Waals surface area contributed by atoms with E-state index in [0.29, 0.717) is 101 Å². The molecule has 8 heterocycles. The van der Waals surface area contributed by atoms with Crippen LogP contribution in [-0.2, 0) is 23.6 Å². The molecule has 0 spiro atoms. The summed E-state index contributed by atoms with van der Waals surface area (Å²) in [5.74, 6) is 4.21. The second-order valence-corrected chi connectivity index (χ2v) is 21.1. The van der Waals surface area contributed by atoms with Crippen molar-refractivity contribution in [3.8, 4) is 79.7 Å². The van der Waals surface area contributed by atoms with Crippen molar-refractivity contribution in [1.82, 2.24) is 49.8 Å². The number of aromatic nitrogens is 9. The second kappa shape index (κ2) is 18.7. The van der Waals surface area contributed by atoms with Gasteiger partial charge in [0.2, 0.25) is 0 Å². The number of hydrogen-bond acceptors (Lipinski definition) is 11. The number of nitrogens with one attached hydrogen (secondary N) is 1. The van der Waals surface area contributed by atoms with E-state index in [-0.39, 0.29) is 23.1 Å². The minimum absolute atomic E-state index is 0. The van der Waals surface area contributed by atoms with Crippen LogP contribution in [0.2, 0.25) is 10.0 Å². The summed E-state index contributed by atoms with van der Waals surface area (Å²) in [7, 11) is 1.96. The first-order valence-electron chi connectivity index (χ1n) is 26.8. The number of fused-ring (bicyclic) bond motifs is 30. The van der Waals surface area contributed by atoms with E-state index in [4.69, 9.17) is 82.5 Å². The number of nitrogens with zero attached hydrogens (tertiary/aromatic N) is 11. The van der Waals surface area contributed by atoms with E-state index >= 15 is 0 Å². The first kappa shape index (κ1) is 49.2. The molecular formula is C66H38Cl2CuN12O2. The molecule has 13 aromatic rings. The van der Waals surface area contributed by atoms with Gasteiger partial charge in [0, 0.05) is 73.7 Å². The molecule has 1 radical (unpaired) electrons. The van der Waals surface area contributed by atoms with Crippen molar-refractivity contribution in [3.05, 3.63) is 202 Å². The van der Waals surface area contributed by atoms with Crippen molar-refractivity contribution >= 4 is 101 Å². The van der Waals surface area contributed by atoms with E-state index in [9.17, 15) is 0 Å². The van der Waals surface area contributed by atoms with Crippen LogP contribution in [0.3, 0.4) is 0 Å². The maximum Gasteiger partial charge on any atom is 2.00 e. The van der Waals surface area contributed by atoms with Gasteiger partial charge in [0.1, 0.15) is 32.1 Å². The SMILES string of the molecule is CCn1c2ccccc2c2cc3c(cc21)Oc1c(Cl)c2c(c(Cl)c1=N3)Oc1cc3c(cc1N=2)-c1ccccc1C3NC.[Cu+2].c1ccc2c(c1)-c1nc-2nc2[n-]c(nc3nc(nc4[n-]c(n1)c1ccccc41)-c1ccccc1-3)c1ccccc21. The van der Waals surface area contributed by atoms with Gasteiger partial charge in [0.25, 0.3) is 0 Å². The van der Waals surface area contributed by atoms with Gasteiger partial charge in [-0.15, -0.1) is 0 Å². The van der Waals surface area contributed by atoms with Gasteiger partial charge in [-0.05, 0) is 82.0 Å². The van der Waals surface area contributed by atoms with Crippen LogP contribution in [0.25, 0.3) is 123 Å². The molecule has 8 bridgehead atoms. The van der Waals surface area contributed by atoms with E-state index in [1.54, 1.807) is 0 Å². The number of rotatable bonds is 2. The Labute approximate surface area is 491 Å². The maximum atomic E-state index is 7.00. The fourth-order valence-corrected chi connectivity index (χ4v) is 12.7. The number of hydrogen-bond donors (Lipinski definition) is 1. The van der Waals surface area contributed by atoms with Gasteiger partial charge >= 0.3 is 17.1 Å². The molecule has 83 heavy (non-hydrogen) atoms. The summed E-state index contributed by atoms with van der Waals surface area (Å²) in [6.07, 6.45) is 0. The Bertz CT molecular complexity index is 5030. The fraction of sp³-hybridized carbons (Fsp3) is 0.0606. The average molecular weight is 1170 g/mol. The third-order valence-electron chi connectivity index (χ3n) is 15.9. The standard InChI is InChI=1S/C34H22Cl2N4O2.C32H16N8.Cu/c1-3-40-24-11-7-6-9-17(24)20-13-23-27(15-25(20)40)42-34-29(36)31-33(28(35)32(34)39-23)41-26-14-21-19(12-22(26)38-31)16-8-4-5-10-18(16)30(21)37-2;1-2-10-18-17(9-1)25-33-26(18)38-28-21-13-5-6-14-22(21)30(35-28)40-32-24-16-8-7-15-23(24)31(36-32)39-29-20-12-4-3-11-19(20)27(34-29)37-25;/h4-15,30,37H,3H2,1-2H3;1-16H;/q;-2;+2. The number of aryl methyl sites for hydroxylation is 1. The quantitative estimate of drug-likeness (QED) is 0.164. The molecule has 0 fully saturated rings. The van der Waals surface area contributed by atoms with Crippen molar-refractivity contribution in [2.45, 2.75) is 19.5 Å². The van der Waals surface area contributed by atoms with E-state index in [1.807, 2.05) is 116 Å². The Morgan fingerprint density at radius 1 is 0.446 bits per heavy atom. The van der Waals surface area contributed by atoms with Gasteiger partial charge in [-0.3, -0.25) is 0 Å². The normalized spacial score (nSPS) is 13.6. The van der Waals surface area contributed by atoms with Gasteiger partial charge in [-0.1, -0.05) is 163 Å². The van der Waals surface area contributed by atoms with Gasteiger partial charge < -0.3 is 49.3 Å². The Kier molecular flexibility index (Phi) is 11.1. The van der Waals surface area contributed by atoms with Crippen LogP contribution in [0.4, 0.5) is 11.4 Å². The third-order valence-corrected chi connectivity index (χ3v) is 16.6. The molecule has 18 rings (SSSR count). The van der Waals surface area contributed by atoms with Crippen molar-refractivity contribution in [2.24, 2.45) is 9.98 Å². The molecule has 14 nitrogen and oxygen atoms in total. The summed E-state index contributed by atoms with van der Waals surface area (Å²) >= 11 is 14.0. The van der Waals surface area contributed by atoms with Crippen LogP contribution in [0.15, 0.2) is 180 Å². The van der Waals surface area contributed by atoms with E-state index < -0.39 is 0 Å². The molecule has 4 aliphatic heterocycles. The van der Waals surface area contributed by atoms with E-state index in [1.165, 1.54) is 22.0 Å². The Balaban J connectivity index is 0.000000135. The third kappa shape index (κ3) is 7.39. The van der Waals surface area contributed by atoms with Crippen LogP contribution in [0.5, 0.6) is 23.0 Å². The molecule has 0 amide bonds. The van der Waals surface area contributed by atoms with Crippen molar-refractivity contribution in [2.75, 3.05) is 7.05 Å². The molecule has 17 heteroatoms. The van der Waals surface area contributed by atoms with Gasteiger partial charge in [-0.25, -0.2) is 20.0 Å². The van der Waals surface area contributed by atoms with Gasteiger partial charge in [0.05, 0.1) is 34.9 Å². The van der Waals surface area contributed by atoms with E-state index in [0.717, 1.165) is 72.4 Å². The molecule has 1 unspecified atom stereocenters. The topological polar surface area (TPSA) is 166 Å². The average Bonchev–Trinajstić information content (AvgIpc) is 4.06. The van der Waals surface area contributed by atoms with Crippen LogP contribution in [0, 0.1) is 0 Å². The van der Waals surface area contributed by atoms with Crippen molar-refractivity contribution < 1.29 is 26.5 Å². The number of benzene rings is 9. The monoisotopic (exact) mass is 1160 g/mol. The molecule has 0 saturated heterocycles. The Morgan fingerprint density at radius 3 is 1.35 bits per heavy atom. The van der Waals surface area contributed by atoms with Crippen LogP contribution < -0.4 is 35.5 Å². The zero-order valence-electron chi connectivity index (χ0n) is 43.7. The molecule has 1 aliphatic carbocycles. The van der Waals surface area contributed by atoms with Gasteiger partial charge in [-0.2, -0.15) is 0 Å². The first-order valence-corrected chi connectivity index (χ1v) is 27.5. The smallest absolute Gasteiger partial charge is 0.451 e. The summed E-state index contributed by atoms with van der Waals surface area (Å²) in [4.78, 5) is 49.2. The Morgan fingerprint density at radius 2 is 0.867 bits per heavy atom. The van der Waals surface area contributed by atoms with E-state index in [2.05, 4.69) is 77.5 Å². The van der Waals surface area contributed by atoms with Crippen LogP contribution in [0.1, 0.15) is 24.1 Å². The largest absolute Gasteiger partial charge is 2.00 e. The fourth-order valence-electron chi connectivity index (χ4n) is 12.2. The molecule has 399 valence electrons. The zero-order valence-corrected chi connectivity index (χ0v) is 46.2. The minimum Gasteiger partial charge on any atom is -0.451 e. The molecule has 0 saturated carbocycles. The van der Waals surface area contributed by atoms with Crippen LogP contribution in [-0.4, -0.2) is 41.5 Å². The molecular weight excluding hydrogens is 1130 g/mol. The summed E-state index contributed by atoms with van der Waals surface area (Å²) in [5.41, 5.74) is 14.1. The van der Waals surface area contributed by atoms with Gasteiger partial charge in [0.15, 0.2) is 23.0 Å². The predicted octanol–water partition coefficient (Wildman–Crippen LogP) is 14.6. The van der Waals surface area contributed by atoms with Crippen molar-refractivity contribution in [1.29, 1.82) is 0 Å². The molecule has 4 aromatic heterocycles. The van der Waals surface area contributed by atoms with Crippen LogP contribution >= 0.6 is 23.2 Å². The summed E-state index contributed by atoms with van der Waals surface area (Å²) in [6.45, 7) is 2.97. The van der Waals surface area contributed by atoms with Crippen molar-refractivity contribution in [3.63, 3.8) is 0 Å². The second-order valence-electron chi connectivity index (χ2n) is 20.4. The molecule has 5 aliphatic rings. The predicted molar refractivity (Wildman–Crippen MR) is 320 cm³/mol. The summed E-state index contributed by atoms with van der Waals surface area (Å²) < 4.78 is 15.2. The Hall–Kier alpha value is -9.60. The molecule has 1 atom stereocenters.